The van der Waals surface area contributed by atoms with Crippen LogP contribution in [-0.2, 0) is 21.0 Å². The fraction of sp³-hybridized carbons (Fsp3) is 0.0741. The molecule has 0 saturated carbocycles. The number of rotatable bonds is 9. The molecule has 0 atom stereocenters. The molecule has 0 unspecified atom stereocenters. The largest absolute Gasteiger partial charge is 0.489 e. The summed E-state index contributed by atoms with van der Waals surface area (Å²) in [6.45, 7) is 0.121. The molecule has 4 rings (SSSR count). The predicted molar refractivity (Wildman–Crippen MR) is 134 cm³/mol. The number of hydrogen-bond donors (Lipinski definition) is 1. The Morgan fingerprint density at radius 2 is 1.54 bits per heavy atom. The minimum Gasteiger partial charge on any atom is -0.489 e. The Bertz CT molecular complexity index is 1300. The highest BCUT2D eigenvalue weighted by Crippen LogP contribution is 2.31. The van der Waals surface area contributed by atoms with Gasteiger partial charge in [0.25, 0.3) is 5.91 Å². The van der Waals surface area contributed by atoms with Crippen LogP contribution in [0.2, 0.25) is 5.02 Å². The molecule has 1 amide bonds. The minimum atomic E-state index is -0.554. The summed E-state index contributed by atoms with van der Waals surface area (Å²) in [4.78, 5) is 38.1. The summed E-state index contributed by atoms with van der Waals surface area (Å²) in [5.41, 5.74) is 0.961. The van der Waals surface area contributed by atoms with Crippen molar-refractivity contribution in [1.82, 2.24) is 5.32 Å². The first kappa shape index (κ1) is 24.3. The summed E-state index contributed by atoms with van der Waals surface area (Å²) in [5.74, 6) is -0.270. The molecule has 0 spiro atoms. The number of ether oxygens (including phenoxy) is 2. The Labute approximate surface area is 211 Å². The third kappa shape index (κ3) is 7.09. The van der Waals surface area contributed by atoms with Crippen molar-refractivity contribution in [2.75, 3.05) is 6.61 Å². The van der Waals surface area contributed by atoms with Gasteiger partial charge in [0.15, 0.2) is 12.4 Å². The van der Waals surface area contributed by atoms with E-state index in [2.05, 4.69) is 5.32 Å². The molecule has 35 heavy (non-hydrogen) atoms. The van der Waals surface area contributed by atoms with Crippen LogP contribution in [0.5, 0.6) is 11.5 Å². The van der Waals surface area contributed by atoms with Gasteiger partial charge in [-0.15, -0.1) is 0 Å². The van der Waals surface area contributed by atoms with Gasteiger partial charge in [0, 0.05) is 22.1 Å². The molecule has 176 valence electrons. The van der Waals surface area contributed by atoms with Crippen molar-refractivity contribution in [1.29, 1.82) is 0 Å². The van der Waals surface area contributed by atoms with Crippen molar-refractivity contribution in [3.05, 3.63) is 112 Å². The number of allylic oxidation sites excluding steroid dienone is 3. The normalized spacial score (nSPS) is 13.1. The third-order valence-corrected chi connectivity index (χ3v) is 6.05. The van der Waals surface area contributed by atoms with Gasteiger partial charge >= 0.3 is 0 Å². The summed E-state index contributed by atoms with van der Waals surface area (Å²) in [5, 5.41) is 2.97. The van der Waals surface area contributed by atoms with E-state index >= 15 is 0 Å². The summed E-state index contributed by atoms with van der Waals surface area (Å²) < 4.78 is 11.2. The molecule has 0 fully saturated rings. The van der Waals surface area contributed by atoms with Gasteiger partial charge in [-0.25, -0.2) is 0 Å². The number of carbonyl (C=O) groups excluding carboxylic acids is 3. The van der Waals surface area contributed by atoms with Crippen molar-refractivity contribution in [3.63, 3.8) is 0 Å². The van der Waals surface area contributed by atoms with E-state index in [0.29, 0.717) is 23.1 Å². The minimum absolute atomic E-state index is 0.0938. The molecule has 0 aromatic heterocycles. The maximum atomic E-state index is 12.4. The lowest BCUT2D eigenvalue weighted by Gasteiger charge is -2.13. The van der Waals surface area contributed by atoms with E-state index in [9.17, 15) is 14.4 Å². The van der Waals surface area contributed by atoms with E-state index in [1.54, 1.807) is 48.5 Å². The van der Waals surface area contributed by atoms with Crippen LogP contribution in [-0.4, -0.2) is 24.1 Å². The number of thioether (sulfide) groups is 1. The summed E-state index contributed by atoms with van der Waals surface area (Å²) in [6, 6.07) is 23.6. The van der Waals surface area contributed by atoms with Crippen LogP contribution in [0.15, 0.2) is 107 Å². The van der Waals surface area contributed by atoms with Crippen LogP contribution in [0.4, 0.5) is 0 Å². The zero-order valence-electron chi connectivity index (χ0n) is 18.4. The fourth-order valence-electron chi connectivity index (χ4n) is 3.08. The fourth-order valence-corrected chi connectivity index (χ4v) is 4.25. The van der Waals surface area contributed by atoms with Crippen molar-refractivity contribution in [3.8, 4) is 11.5 Å². The molecule has 3 aromatic carbocycles. The lowest BCUT2D eigenvalue weighted by molar-refractivity contribution is -0.124. The second kappa shape index (κ2) is 11.6. The highest BCUT2D eigenvalue weighted by Gasteiger charge is 2.22. The molecule has 0 heterocycles. The summed E-state index contributed by atoms with van der Waals surface area (Å²) in [7, 11) is 0. The molecule has 0 saturated heterocycles. The first-order chi connectivity index (χ1) is 17.0. The monoisotopic (exact) mass is 505 g/mol. The Morgan fingerprint density at radius 1 is 0.829 bits per heavy atom. The highest BCUT2D eigenvalue weighted by atomic mass is 35.5. The first-order valence-electron chi connectivity index (χ1n) is 10.6. The maximum absolute atomic E-state index is 12.4. The second-order valence-electron chi connectivity index (χ2n) is 7.44. The van der Waals surface area contributed by atoms with Crippen molar-refractivity contribution < 1.29 is 23.9 Å². The van der Waals surface area contributed by atoms with E-state index in [0.717, 1.165) is 28.3 Å². The van der Waals surface area contributed by atoms with Gasteiger partial charge in [0.2, 0.25) is 5.78 Å². The molecule has 1 aliphatic rings. The van der Waals surface area contributed by atoms with Crippen molar-refractivity contribution in [2.45, 2.75) is 11.5 Å². The zero-order chi connectivity index (χ0) is 24.6. The van der Waals surface area contributed by atoms with Crippen LogP contribution < -0.4 is 14.8 Å². The average molecular weight is 506 g/mol. The number of halogens is 1. The molecule has 8 heteroatoms. The molecular weight excluding hydrogens is 486 g/mol. The average Bonchev–Trinajstić information content (AvgIpc) is 2.86. The van der Waals surface area contributed by atoms with Crippen molar-refractivity contribution >= 4 is 40.8 Å². The van der Waals surface area contributed by atoms with E-state index < -0.39 is 11.7 Å². The summed E-state index contributed by atoms with van der Waals surface area (Å²) >= 11 is 7.10. The number of hydrogen-bond acceptors (Lipinski definition) is 6. The highest BCUT2D eigenvalue weighted by molar-refractivity contribution is 8.04. The molecule has 6 nitrogen and oxygen atoms in total. The smallest absolute Gasteiger partial charge is 0.262 e. The van der Waals surface area contributed by atoms with Gasteiger partial charge in [-0.2, -0.15) is 0 Å². The third-order valence-electron chi connectivity index (χ3n) is 4.79. The van der Waals surface area contributed by atoms with Crippen LogP contribution in [0, 0.1) is 0 Å². The van der Waals surface area contributed by atoms with Gasteiger partial charge < -0.3 is 14.8 Å². The predicted octanol–water partition coefficient (Wildman–Crippen LogP) is 5.13. The SMILES string of the molecule is O=C(COc1ccc(OCc2ccccc2)cc1)NC1=CC(=O)C(Sc2cccc(Cl)c2)=CC1=O. The number of amides is 1. The zero-order valence-corrected chi connectivity index (χ0v) is 20.0. The molecule has 3 aromatic rings. The standard InChI is InChI=1S/C27H20ClNO5S/c28-19-7-4-8-22(13-19)35-26-15-24(30)23(14-25(26)31)29-27(32)17-34-21-11-9-20(10-12-21)33-16-18-5-2-1-3-6-18/h1-15H,16-17H2,(H,29,32). The summed E-state index contributed by atoms with van der Waals surface area (Å²) in [6.07, 6.45) is 2.32. The maximum Gasteiger partial charge on any atom is 0.262 e. The molecule has 1 aliphatic carbocycles. The Balaban J connectivity index is 1.25. The quantitative estimate of drug-likeness (QED) is 0.406. The van der Waals surface area contributed by atoms with E-state index in [1.165, 1.54) is 6.08 Å². The Morgan fingerprint density at radius 3 is 2.26 bits per heavy atom. The van der Waals surface area contributed by atoms with Gasteiger partial charge in [0.05, 0.1) is 10.6 Å². The van der Waals surface area contributed by atoms with E-state index in [-0.39, 0.29) is 23.0 Å². The molecular formula is C27H20ClNO5S. The van der Waals surface area contributed by atoms with Gasteiger partial charge in [-0.1, -0.05) is 59.8 Å². The lowest BCUT2D eigenvalue weighted by atomic mass is 10.1. The number of ketones is 2. The molecule has 0 radical (unpaired) electrons. The number of nitrogens with one attached hydrogen (secondary N) is 1. The lowest BCUT2D eigenvalue weighted by Crippen LogP contribution is -2.33. The van der Waals surface area contributed by atoms with E-state index in [4.69, 9.17) is 21.1 Å². The van der Waals surface area contributed by atoms with Crippen LogP contribution >= 0.6 is 23.4 Å². The molecule has 1 N–H and O–H groups in total. The Kier molecular flexibility index (Phi) is 8.03. The van der Waals surface area contributed by atoms with Gasteiger partial charge in [-0.05, 0) is 48.0 Å². The van der Waals surface area contributed by atoms with Crippen LogP contribution in [0.25, 0.3) is 0 Å². The first-order valence-corrected chi connectivity index (χ1v) is 11.8. The molecule has 0 aliphatic heterocycles. The number of benzene rings is 3. The Hall–Kier alpha value is -3.81. The van der Waals surface area contributed by atoms with Gasteiger partial charge in [0.1, 0.15) is 18.1 Å². The second-order valence-corrected chi connectivity index (χ2v) is 8.99. The van der Waals surface area contributed by atoms with Crippen LogP contribution in [0.3, 0.4) is 0 Å². The topological polar surface area (TPSA) is 81.7 Å². The number of carbonyl (C=O) groups is 3. The van der Waals surface area contributed by atoms with Crippen LogP contribution in [0.1, 0.15) is 5.56 Å². The van der Waals surface area contributed by atoms with E-state index in [1.807, 2.05) is 30.3 Å². The van der Waals surface area contributed by atoms with Gasteiger partial charge in [-0.3, -0.25) is 14.4 Å². The molecule has 0 bridgehead atoms. The van der Waals surface area contributed by atoms with Crippen molar-refractivity contribution in [2.24, 2.45) is 0 Å².